The average molecular weight is 514 g/mol. The largest absolute Gasteiger partial charge is 0.465 e. The Labute approximate surface area is 189 Å². The van der Waals surface area contributed by atoms with E-state index in [0.717, 1.165) is 45.1 Å². The molecule has 1 aliphatic rings. The number of halogens is 1. The van der Waals surface area contributed by atoms with E-state index in [1.807, 2.05) is 57.2 Å². The van der Waals surface area contributed by atoms with Gasteiger partial charge in [-0.2, -0.15) is 5.26 Å². The molecule has 1 aromatic heterocycles. The molecule has 1 amide bonds. The molecule has 4 rings (SSSR count). The highest BCUT2D eigenvalue weighted by atomic mass is 127. The molecule has 30 heavy (non-hydrogen) atoms. The molecule has 5 nitrogen and oxygen atoms in total. The molecule has 1 heterocycles. The van der Waals surface area contributed by atoms with Gasteiger partial charge >= 0.3 is 6.09 Å². The van der Waals surface area contributed by atoms with Crippen LogP contribution in [-0.4, -0.2) is 21.6 Å². The second-order valence-corrected chi connectivity index (χ2v) is 9.87. The van der Waals surface area contributed by atoms with Gasteiger partial charge < -0.3 is 9.52 Å². The van der Waals surface area contributed by atoms with Crippen LogP contribution in [0.25, 0.3) is 22.3 Å². The number of carboxylic acid groups (broad SMARTS) is 1. The minimum Gasteiger partial charge on any atom is -0.465 e. The van der Waals surface area contributed by atoms with Gasteiger partial charge in [0, 0.05) is 16.5 Å². The highest BCUT2D eigenvalue weighted by Crippen LogP contribution is 2.50. The van der Waals surface area contributed by atoms with Gasteiger partial charge in [-0.05, 0) is 80.3 Å². The summed E-state index contributed by atoms with van der Waals surface area (Å²) in [4.78, 5) is 13.7. The van der Waals surface area contributed by atoms with Gasteiger partial charge in [-0.15, -0.1) is 0 Å². The maximum atomic E-state index is 12.1. The highest BCUT2D eigenvalue weighted by Gasteiger charge is 2.50. The number of hydrogen-bond acceptors (Lipinski definition) is 3. The molecule has 0 bridgehead atoms. The van der Waals surface area contributed by atoms with Gasteiger partial charge in [-0.3, -0.25) is 4.90 Å². The Morgan fingerprint density at radius 1 is 1.20 bits per heavy atom. The van der Waals surface area contributed by atoms with Crippen LogP contribution in [0.2, 0.25) is 0 Å². The lowest BCUT2D eigenvalue weighted by Crippen LogP contribution is -2.60. The molecule has 0 spiro atoms. The summed E-state index contributed by atoms with van der Waals surface area (Å²) < 4.78 is 7.04. The molecule has 3 aromatic rings. The zero-order valence-electron chi connectivity index (χ0n) is 17.2. The molecule has 2 aromatic carbocycles. The standard InChI is InChI=1S/C24H23IN2O3/c1-23(2,3)27(22(28)29)24(12-5-13-24)17-10-8-15(9-11-17)21-19(25)18-7-4-6-16(14-26)20(18)30-21/h4,6-11H,5,12-13H2,1-3H3,(H,28,29). The van der Waals surface area contributed by atoms with E-state index in [1.54, 1.807) is 11.0 Å². The van der Waals surface area contributed by atoms with E-state index in [4.69, 9.17) is 4.42 Å². The van der Waals surface area contributed by atoms with Gasteiger partial charge in [-0.25, -0.2) is 4.79 Å². The Bertz CT molecular complexity index is 1160. The fourth-order valence-corrected chi connectivity index (χ4v) is 5.41. The molecule has 0 unspecified atom stereocenters. The molecule has 1 N–H and O–H groups in total. The number of nitrogens with zero attached hydrogens (tertiary/aromatic N) is 2. The Balaban J connectivity index is 1.77. The summed E-state index contributed by atoms with van der Waals surface area (Å²) in [5, 5.41) is 20.2. The second-order valence-electron chi connectivity index (χ2n) is 8.79. The first-order valence-electron chi connectivity index (χ1n) is 9.94. The molecule has 154 valence electrons. The van der Waals surface area contributed by atoms with Crippen LogP contribution in [0.3, 0.4) is 0 Å². The fraction of sp³-hybridized carbons (Fsp3) is 0.333. The van der Waals surface area contributed by atoms with Crippen molar-refractivity contribution in [3.05, 3.63) is 57.2 Å². The maximum Gasteiger partial charge on any atom is 0.408 e. The van der Waals surface area contributed by atoms with Crippen molar-refractivity contribution in [1.29, 1.82) is 5.26 Å². The number of amides is 1. The fourth-order valence-electron chi connectivity index (χ4n) is 4.56. The summed E-state index contributed by atoms with van der Waals surface area (Å²) in [6, 6.07) is 15.8. The van der Waals surface area contributed by atoms with Crippen LogP contribution in [0.4, 0.5) is 4.79 Å². The molecular weight excluding hydrogens is 491 g/mol. The number of hydrogen-bond donors (Lipinski definition) is 1. The Hall–Kier alpha value is -2.53. The predicted molar refractivity (Wildman–Crippen MR) is 124 cm³/mol. The van der Waals surface area contributed by atoms with Gasteiger partial charge in [0.2, 0.25) is 0 Å². The van der Waals surface area contributed by atoms with Crippen LogP contribution >= 0.6 is 22.6 Å². The molecule has 1 fully saturated rings. The van der Waals surface area contributed by atoms with Crippen molar-refractivity contribution < 1.29 is 14.3 Å². The summed E-state index contributed by atoms with van der Waals surface area (Å²) in [7, 11) is 0. The highest BCUT2D eigenvalue weighted by molar-refractivity contribution is 14.1. The van der Waals surface area contributed by atoms with E-state index >= 15 is 0 Å². The van der Waals surface area contributed by atoms with Crippen molar-refractivity contribution in [3.63, 3.8) is 0 Å². The van der Waals surface area contributed by atoms with Crippen LogP contribution in [0.15, 0.2) is 46.9 Å². The lowest BCUT2D eigenvalue weighted by molar-refractivity contribution is -0.0328. The minimum absolute atomic E-state index is 0.488. The summed E-state index contributed by atoms with van der Waals surface area (Å²) in [6.07, 6.45) is 1.77. The Kier molecular flexibility index (Phi) is 5.05. The molecule has 0 saturated heterocycles. The van der Waals surface area contributed by atoms with Crippen LogP contribution in [-0.2, 0) is 5.54 Å². The lowest BCUT2D eigenvalue weighted by Gasteiger charge is -2.54. The van der Waals surface area contributed by atoms with Crippen LogP contribution in [0, 0.1) is 14.9 Å². The van der Waals surface area contributed by atoms with Crippen molar-refractivity contribution in [2.45, 2.75) is 51.1 Å². The second kappa shape index (κ2) is 7.31. The normalized spacial score (nSPS) is 15.4. The van der Waals surface area contributed by atoms with Crippen LogP contribution in [0.1, 0.15) is 51.2 Å². The summed E-state index contributed by atoms with van der Waals surface area (Å²) >= 11 is 2.25. The van der Waals surface area contributed by atoms with Crippen molar-refractivity contribution >= 4 is 39.7 Å². The van der Waals surface area contributed by atoms with Gasteiger partial charge in [0.1, 0.15) is 11.8 Å². The van der Waals surface area contributed by atoms with Gasteiger partial charge in [0.25, 0.3) is 0 Å². The zero-order valence-corrected chi connectivity index (χ0v) is 19.4. The summed E-state index contributed by atoms with van der Waals surface area (Å²) in [5.74, 6) is 0.730. The molecule has 1 saturated carbocycles. The average Bonchev–Trinajstić information content (AvgIpc) is 3.00. The number of furan rings is 1. The van der Waals surface area contributed by atoms with E-state index < -0.39 is 17.2 Å². The number of para-hydroxylation sites is 1. The number of carbonyl (C=O) groups is 1. The molecule has 0 aliphatic heterocycles. The molecule has 0 radical (unpaired) electrons. The van der Waals surface area contributed by atoms with Crippen molar-refractivity contribution in [1.82, 2.24) is 4.90 Å². The Morgan fingerprint density at radius 3 is 2.37 bits per heavy atom. The third kappa shape index (κ3) is 3.16. The van der Waals surface area contributed by atoms with E-state index in [9.17, 15) is 15.2 Å². The third-order valence-electron chi connectivity index (χ3n) is 5.93. The number of rotatable bonds is 3. The van der Waals surface area contributed by atoms with Crippen molar-refractivity contribution in [2.24, 2.45) is 0 Å². The predicted octanol–water partition coefficient (Wildman–Crippen LogP) is 6.73. The summed E-state index contributed by atoms with van der Waals surface area (Å²) in [6.45, 7) is 5.83. The maximum absolute atomic E-state index is 12.1. The van der Waals surface area contributed by atoms with Crippen LogP contribution in [0.5, 0.6) is 0 Å². The molecule has 6 heteroatoms. The topological polar surface area (TPSA) is 77.5 Å². The molecular formula is C24H23IN2O3. The van der Waals surface area contributed by atoms with Gasteiger partial charge in [0.15, 0.2) is 5.58 Å². The van der Waals surface area contributed by atoms with Gasteiger partial charge in [-0.1, -0.05) is 30.3 Å². The first-order valence-corrected chi connectivity index (χ1v) is 11.0. The number of nitriles is 1. The SMILES string of the molecule is CC(C)(C)N(C(=O)O)C1(c2ccc(-c3oc4c(C#N)cccc4c3I)cc2)CCC1. The number of benzene rings is 2. The smallest absolute Gasteiger partial charge is 0.408 e. The van der Waals surface area contributed by atoms with E-state index in [2.05, 4.69) is 28.7 Å². The Morgan fingerprint density at radius 2 is 1.87 bits per heavy atom. The first kappa shape index (κ1) is 20.7. The monoisotopic (exact) mass is 514 g/mol. The van der Waals surface area contributed by atoms with E-state index in [-0.39, 0.29) is 0 Å². The lowest BCUT2D eigenvalue weighted by atomic mass is 9.69. The minimum atomic E-state index is -0.887. The van der Waals surface area contributed by atoms with E-state index in [1.165, 1.54) is 0 Å². The van der Waals surface area contributed by atoms with Crippen molar-refractivity contribution in [3.8, 4) is 17.4 Å². The molecule has 0 atom stereocenters. The quantitative estimate of drug-likeness (QED) is 0.393. The van der Waals surface area contributed by atoms with Crippen LogP contribution < -0.4 is 0 Å². The number of fused-ring (bicyclic) bond motifs is 1. The van der Waals surface area contributed by atoms with Crippen molar-refractivity contribution in [2.75, 3.05) is 0 Å². The first-order chi connectivity index (χ1) is 14.2. The molecule has 1 aliphatic carbocycles. The van der Waals surface area contributed by atoms with E-state index in [0.29, 0.717) is 11.1 Å². The van der Waals surface area contributed by atoms with Gasteiger partial charge in [0.05, 0.1) is 14.7 Å². The third-order valence-corrected chi connectivity index (χ3v) is 7.00. The zero-order chi connectivity index (χ0) is 21.7. The summed E-state index contributed by atoms with van der Waals surface area (Å²) in [5.41, 5.74) is 2.06.